The Hall–Kier alpha value is -1.06. The molecule has 0 rings (SSSR count). The van der Waals surface area contributed by atoms with Crippen LogP contribution in [0.25, 0.3) is 0 Å². The molecule has 0 aromatic rings. The van der Waals surface area contributed by atoms with Gasteiger partial charge in [-0.25, -0.2) is 0 Å². The van der Waals surface area contributed by atoms with Gasteiger partial charge in [0.15, 0.2) is 0 Å². The Morgan fingerprint density at radius 3 is 1.59 bits per heavy atom. The average molecular weight is 413 g/mol. The largest absolute Gasteiger partial charge is 0.466 e. The monoisotopic (exact) mass is 412 g/mol. The first-order valence-corrected chi connectivity index (χ1v) is 12.4. The van der Waals surface area contributed by atoms with Crippen LogP contribution in [0, 0.1) is 5.92 Å². The molecule has 0 bridgehead atoms. The van der Waals surface area contributed by atoms with E-state index in [1.807, 2.05) is 0 Å². The molecule has 0 radical (unpaired) electrons. The zero-order valence-electron chi connectivity index (χ0n) is 19.6. The molecule has 0 saturated carbocycles. The highest BCUT2D eigenvalue weighted by atomic mass is 16.5. The summed E-state index contributed by atoms with van der Waals surface area (Å²) < 4.78 is 10.4. The molecule has 29 heavy (non-hydrogen) atoms. The predicted octanol–water partition coefficient (Wildman–Crippen LogP) is 7.38. The maximum absolute atomic E-state index is 11.7. The van der Waals surface area contributed by atoms with Crippen LogP contribution in [0.2, 0.25) is 0 Å². The van der Waals surface area contributed by atoms with Crippen molar-refractivity contribution in [3.8, 4) is 0 Å². The van der Waals surface area contributed by atoms with Gasteiger partial charge in [-0.05, 0) is 31.6 Å². The molecule has 0 aromatic heterocycles. The van der Waals surface area contributed by atoms with E-state index in [4.69, 9.17) is 9.47 Å². The van der Waals surface area contributed by atoms with Gasteiger partial charge in [-0.15, -0.1) is 0 Å². The standard InChI is InChI=1S/C25H48O4/c1-4-7-21-28-24(26)18-16-14-12-10-9-11-13-15-17-23(6-3)19-20-25(27)29-22-8-5-2/h23H,4-22H2,1-3H3. The third kappa shape index (κ3) is 20.0. The summed E-state index contributed by atoms with van der Waals surface area (Å²) in [4.78, 5) is 23.2. The van der Waals surface area contributed by atoms with Crippen LogP contribution in [0.4, 0.5) is 0 Å². The van der Waals surface area contributed by atoms with Crippen LogP contribution >= 0.6 is 0 Å². The van der Waals surface area contributed by atoms with Crippen molar-refractivity contribution in [1.82, 2.24) is 0 Å². The van der Waals surface area contributed by atoms with Crippen molar-refractivity contribution in [3.05, 3.63) is 0 Å². The first-order valence-electron chi connectivity index (χ1n) is 12.4. The fourth-order valence-electron chi connectivity index (χ4n) is 3.44. The van der Waals surface area contributed by atoms with Crippen LogP contribution in [0.3, 0.4) is 0 Å². The minimum atomic E-state index is -0.0295. The van der Waals surface area contributed by atoms with Crippen LogP contribution in [0.15, 0.2) is 0 Å². The van der Waals surface area contributed by atoms with Gasteiger partial charge in [-0.2, -0.15) is 0 Å². The Kier molecular flexibility index (Phi) is 20.9. The van der Waals surface area contributed by atoms with E-state index in [0.29, 0.717) is 32.0 Å². The van der Waals surface area contributed by atoms with Crippen molar-refractivity contribution in [3.63, 3.8) is 0 Å². The van der Waals surface area contributed by atoms with Gasteiger partial charge >= 0.3 is 11.9 Å². The molecule has 1 unspecified atom stereocenters. The number of hydrogen-bond acceptors (Lipinski definition) is 4. The molecule has 1 atom stereocenters. The highest BCUT2D eigenvalue weighted by molar-refractivity contribution is 5.69. The summed E-state index contributed by atoms with van der Waals surface area (Å²) in [6.07, 6.45) is 18.3. The highest BCUT2D eigenvalue weighted by Gasteiger charge is 2.10. The molecule has 0 fully saturated rings. The summed E-state index contributed by atoms with van der Waals surface area (Å²) in [6.45, 7) is 7.60. The van der Waals surface area contributed by atoms with E-state index < -0.39 is 0 Å². The Morgan fingerprint density at radius 2 is 1.07 bits per heavy atom. The number of ether oxygens (including phenoxy) is 2. The predicted molar refractivity (Wildman–Crippen MR) is 121 cm³/mol. The lowest BCUT2D eigenvalue weighted by Crippen LogP contribution is -2.09. The number of carbonyl (C=O) groups excluding carboxylic acids is 2. The molecule has 0 aliphatic heterocycles. The van der Waals surface area contributed by atoms with Crippen LogP contribution in [-0.2, 0) is 19.1 Å². The number of esters is 2. The Labute approximate surface area is 180 Å². The Bertz CT molecular complexity index is 381. The molecule has 0 heterocycles. The van der Waals surface area contributed by atoms with Crippen molar-refractivity contribution in [2.75, 3.05) is 13.2 Å². The molecular weight excluding hydrogens is 364 g/mol. The smallest absolute Gasteiger partial charge is 0.305 e. The minimum Gasteiger partial charge on any atom is -0.466 e. The fourth-order valence-corrected chi connectivity index (χ4v) is 3.44. The second-order valence-corrected chi connectivity index (χ2v) is 8.33. The lowest BCUT2D eigenvalue weighted by Gasteiger charge is -2.14. The molecule has 0 N–H and O–H groups in total. The third-order valence-electron chi connectivity index (χ3n) is 5.60. The second kappa shape index (κ2) is 21.6. The van der Waals surface area contributed by atoms with Gasteiger partial charge in [0, 0.05) is 12.8 Å². The summed E-state index contributed by atoms with van der Waals surface area (Å²) >= 11 is 0. The van der Waals surface area contributed by atoms with Crippen LogP contribution in [0.1, 0.15) is 130 Å². The summed E-state index contributed by atoms with van der Waals surface area (Å²) in [5, 5.41) is 0. The Balaban J connectivity index is 3.45. The number of carbonyl (C=O) groups is 2. The molecular formula is C25H48O4. The van der Waals surface area contributed by atoms with Gasteiger partial charge in [-0.3, -0.25) is 9.59 Å². The van der Waals surface area contributed by atoms with Crippen molar-refractivity contribution in [2.24, 2.45) is 5.92 Å². The van der Waals surface area contributed by atoms with Crippen molar-refractivity contribution in [2.45, 2.75) is 130 Å². The summed E-state index contributed by atoms with van der Waals surface area (Å²) in [5.41, 5.74) is 0. The molecule has 0 aliphatic carbocycles. The molecule has 4 heteroatoms. The Morgan fingerprint density at radius 1 is 0.586 bits per heavy atom. The van der Waals surface area contributed by atoms with Gasteiger partial charge in [0.2, 0.25) is 0 Å². The molecule has 0 spiro atoms. The average Bonchev–Trinajstić information content (AvgIpc) is 2.72. The van der Waals surface area contributed by atoms with Crippen molar-refractivity contribution in [1.29, 1.82) is 0 Å². The van der Waals surface area contributed by atoms with E-state index in [1.54, 1.807) is 0 Å². The molecule has 0 aliphatic rings. The molecule has 0 aromatic carbocycles. The summed E-state index contributed by atoms with van der Waals surface area (Å²) in [6, 6.07) is 0. The van der Waals surface area contributed by atoms with Crippen LogP contribution in [-0.4, -0.2) is 25.2 Å². The highest BCUT2D eigenvalue weighted by Crippen LogP contribution is 2.20. The molecule has 0 amide bonds. The van der Waals surface area contributed by atoms with E-state index >= 15 is 0 Å². The van der Waals surface area contributed by atoms with E-state index in [2.05, 4.69) is 20.8 Å². The minimum absolute atomic E-state index is 0.0221. The zero-order valence-corrected chi connectivity index (χ0v) is 19.6. The van der Waals surface area contributed by atoms with E-state index in [9.17, 15) is 9.59 Å². The van der Waals surface area contributed by atoms with Gasteiger partial charge in [0.25, 0.3) is 0 Å². The van der Waals surface area contributed by atoms with E-state index in [-0.39, 0.29) is 11.9 Å². The summed E-state index contributed by atoms with van der Waals surface area (Å²) in [5.74, 6) is 0.607. The second-order valence-electron chi connectivity index (χ2n) is 8.33. The number of rotatable bonds is 21. The maximum Gasteiger partial charge on any atom is 0.305 e. The number of hydrogen-bond donors (Lipinski definition) is 0. The normalized spacial score (nSPS) is 12.0. The third-order valence-corrected chi connectivity index (χ3v) is 5.60. The lowest BCUT2D eigenvalue weighted by molar-refractivity contribution is -0.144. The van der Waals surface area contributed by atoms with Crippen molar-refractivity contribution >= 4 is 11.9 Å². The summed E-state index contributed by atoms with van der Waals surface area (Å²) in [7, 11) is 0. The quantitative estimate of drug-likeness (QED) is 0.146. The molecule has 172 valence electrons. The maximum atomic E-state index is 11.7. The van der Waals surface area contributed by atoms with E-state index in [1.165, 1.54) is 44.9 Å². The SMILES string of the molecule is CCCCOC(=O)CCCCCCCCCCC(CC)CCC(=O)OCCCC. The number of unbranched alkanes of at least 4 members (excludes halogenated alkanes) is 9. The van der Waals surface area contributed by atoms with Gasteiger partial charge in [-0.1, -0.05) is 91.4 Å². The van der Waals surface area contributed by atoms with Crippen LogP contribution in [0.5, 0.6) is 0 Å². The lowest BCUT2D eigenvalue weighted by atomic mass is 9.93. The van der Waals surface area contributed by atoms with Gasteiger partial charge in [0.1, 0.15) is 0 Å². The van der Waals surface area contributed by atoms with E-state index in [0.717, 1.165) is 51.4 Å². The van der Waals surface area contributed by atoms with Gasteiger partial charge < -0.3 is 9.47 Å². The van der Waals surface area contributed by atoms with Crippen molar-refractivity contribution < 1.29 is 19.1 Å². The van der Waals surface area contributed by atoms with Crippen LogP contribution < -0.4 is 0 Å². The fraction of sp³-hybridized carbons (Fsp3) is 0.920. The topological polar surface area (TPSA) is 52.6 Å². The van der Waals surface area contributed by atoms with Gasteiger partial charge in [0.05, 0.1) is 13.2 Å². The first-order chi connectivity index (χ1) is 14.1. The molecule has 0 saturated heterocycles. The first kappa shape index (κ1) is 27.9. The molecule has 4 nitrogen and oxygen atoms in total. The zero-order chi connectivity index (χ0) is 21.6.